The maximum Gasteiger partial charge on any atom is 0.329 e. The van der Waals surface area contributed by atoms with E-state index in [2.05, 4.69) is 5.32 Å². The van der Waals surface area contributed by atoms with Crippen LogP contribution in [0.4, 0.5) is 5.69 Å². The number of hydrogen-bond acceptors (Lipinski definition) is 2. The molecule has 0 saturated carbocycles. The van der Waals surface area contributed by atoms with Gasteiger partial charge in [0.1, 0.15) is 0 Å². The fourth-order valence-electron chi connectivity index (χ4n) is 2.96. The molecule has 0 unspecified atom stereocenters. The first-order valence-corrected chi connectivity index (χ1v) is 8.63. The second-order valence-electron chi connectivity index (χ2n) is 5.88. The zero-order valence-corrected chi connectivity index (χ0v) is 15.0. The summed E-state index contributed by atoms with van der Waals surface area (Å²) in [7, 11) is 0. The molecule has 0 radical (unpaired) electrons. The molecule has 5 nitrogen and oxygen atoms in total. The summed E-state index contributed by atoms with van der Waals surface area (Å²) in [5.74, 6) is -0.148. The Hall–Kier alpha value is -2.53. The van der Waals surface area contributed by atoms with Crippen LogP contribution in [0.15, 0.2) is 47.3 Å². The van der Waals surface area contributed by atoms with Gasteiger partial charge in [0.15, 0.2) is 0 Å². The summed E-state index contributed by atoms with van der Waals surface area (Å²) < 4.78 is 3.37. The molecule has 1 N–H and O–H groups in total. The van der Waals surface area contributed by atoms with Crippen molar-refractivity contribution in [2.24, 2.45) is 0 Å². The van der Waals surface area contributed by atoms with Crippen molar-refractivity contribution in [3.8, 4) is 0 Å². The highest BCUT2D eigenvalue weighted by atomic mass is 35.5. The lowest BCUT2D eigenvalue weighted by molar-refractivity contribution is -0.116. The van der Waals surface area contributed by atoms with Gasteiger partial charge >= 0.3 is 5.69 Å². The van der Waals surface area contributed by atoms with Crippen molar-refractivity contribution < 1.29 is 4.79 Å². The van der Waals surface area contributed by atoms with Gasteiger partial charge in [-0.1, -0.05) is 29.8 Å². The number of amides is 1. The van der Waals surface area contributed by atoms with E-state index in [1.807, 2.05) is 44.2 Å². The topological polar surface area (TPSA) is 56.0 Å². The highest BCUT2D eigenvalue weighted by Crippen LogP contribution is 2.23. The number of nitrogens with one attached hydrogen (secondary N) is 1. The first-order chi connectivity index (χ1) is 12.0. The van der Waals surface area contributed by atoms with Gasteiger partial charge in [-0.2, -0.15) is 0 Å². The lowest BCUT2D eigenvalue weighted by atomic mass is 10.2. The van der Waals surface area contributed by atoms with Crippen LogP contribution in [0.1, 0.15) is 18.9 Å². The minimum absolute atomic E-state index is 0.0876. The lowest BCUT2D eigenvalue weighted by Crippen LogP contribution is -2.25. The summed E-state index contributed by atoms with van der Waals surface area (Å²) in [5, 5.41) is 3.48. The fourth-order valence-corrected chi connectivity index (χ4v) is 3.14. The Morgan fingerprint density at radius 2 is 1.76 bits per heavy atom. The third kappa shape index (κ3) is 3.33. The molecule has 0 bridgehead atoms. The number of fused-ring (bicyclic) bond motifs is 1. The van der Waals surface area contributed by atoms with Crippen LogP contribution in [0.2, 0.25) is 5.02 Å². The first-order valence-electron chi connectivity index (χ1n) is 8.26. The SMILES string of the molecule is CCn1c(=O)n(CCC(=O)Nc2cccc(Cl)c2C)c2ccccc21. The summed E-state index contributed by atoms with van der Waals surface area (Å²) >= 11 is 6.08. The van der Waals surface area contributed by atoms with E-state index in [-0.39, 0.29) is 18.0 Å². The molecule has 130 valence electrons. The predicted molar refractivity (Wildman–Crippen MR) is 101 cm³/mol. The average molecular weight is 358 g/mol. The van der Waals surface area contributed by atoms with E-state index in [1.54, 1.807) is 21.3 Å². The molecule has 0 spiro atoms. The number of hydrogen-bond donors (Lipinski definition) is 1. The molecule has 3 rings (SSSR count). The monoisotopic (exact) mass is 357 g/mol. The number of anilines is 1. The third-order valence-electron chi connectivity index (χ3n) is 4.35. The van der Waals surface area contributed by atoms with Gasteiger partial charge in [0, 0.05) is 30.2 Å². The number of para-hydroxylation sites is 2. The summed E-state index contributed by atoms with van der Waals surface area (Å²) in [6.45, 7) is 4.72. The maximum absolute atomic E-state index is 12.6. The number of benzene rings is 2. The normalized spacial score (nSPS) is 11.0. The predicted octanol–water partition coefficient (Wildman–Crippen LogP) is 3.81. The van der Waals surface area contributed by atoms with Gasteiger partial charge in [0.05, 0.1) is 11.0 Å². The lowest BCUT2D eigenvalue weighted by Gasteiger charge is -2.09. The van der Waals surface area contributed by atoms with E-state index >= 15 is 0 Å². The number of imidazole rings is 1. The zero-order chi connectivity index (χ0) is 18.0. The second-order valence-corrected chi connectivity index (χ2v) is 6.28. The van der Waals surface area contributed by atoms with Crippen LogP contribution in [0.25, 0.3) is 11.0 Å². The van der Waals surface area contributed by atoms with Gasteiger partial charge in [-0.05, 0) is 43.7 Å². The van der Waals surface area contributed by atoms with Crippen LogP contribution in [0, 0.1) is 6.92 Å². The van der Waals surface area contributed by atoms with Crippen LogP contribution < -0.4 is 11.0 Å². The Bertz CT molecular complexity index is 988. The highest BCUT2D eigenvalue weighted by Gasteiger charge is 2.13. The molecule has 1 heterocycles. The minimum atomic E-state index is -0.148. The number of nitrogens with zero attached hydrogens (tertiary/aromatic N) is 2. The number of aryl methyl sites for hydroxylation is 2. The molecular formula is C19H20ClN3O2. The zero-order valence-electron chi connectivity index (χ0n) is 14.3. The van der Waals surface area contributed by atoms with Crippen LogP contribution in [0.5, 0.6) is 0 Å². The Morgan fingerprint density at radius 1 is 1.08 bits per heavy atom. The number of carbonyl (C=O) groups excluding carboxylic acids is 1. The van der Waals surface area contributed by atoms with Gasteiger partial charge in [-0.25, -0.2) is 4.79 Å². The Kier molecular flexibility index (Phi) is 4.95. The first kappa shape index (κ1) is 17.3. The standard InChI is InChI=1S/C19H20ClN3O2/c1-3-22-16-9-4-5-10-17(16)23(19(22)25)12-11-18(24)21-15-8-6-7-14(20)13(15)2/h4-10H,3,11-12H2,1-2H3,(H,21,24). The second kappa shape index (κ2) is 7.15. The molecule has 0 saturated heterocycles. The van der Waals surface area contributed by atoms with Crippen molar-refractivity contribution in [2.75, 3.05) is 5.32 Å². The summed E-state index contributed by atoms with van der Waals surface area (Å²) in [6, 6.07) is 13.0. The van der Waals surface area contributed by atoms with E-state index in [0.29, 0.717) is 23.8 Å². The van der Waals surface area contributed by atoms with Gasteiger partial charge < -0.3 is 5.32 Å². The summed E-state index contributed by atoms with van der Waals surface area (Å²) in [5.41, 5.74) is 3.18. The Labute approximate surface area is 150 Å². The number of aromatic nitrogens is 2. The molecule has 6 heteroatoms. The van der Waals surface area contributed by atoms with Crippen molar-refractivity contribution in [3.05, 3.63) is 63.5 Å². The van der Waals surface area contributed by atoms with E-state index in [9.17, 15) is 9.59 Å². The smallest absolute Gasteiger partial charge is 0.326 e. The van der Waals surface area contributed by atoms with Gasteiger partial charge in [0.25, 0.3) is 0 Å². The molecule has 25 heavy (non-hydrogen) atoms. The molecule has 0 fully saturated rings. The molecular weight excluding hydrogens is 338 g/mol. The molecule has 3 aromatic rings. The van der Waals surface area contributed by atoms with Crippen molar-refractivity contribution in [3.63, 3.8) is 0 Å². The molecule has 2 aromatic carbocycles. The van der Waals surface area contributed by atoms with Gasteiger partial charge in [0.2, 0.25) is 5.91 Å². The molecule has 1 aromatic heterocycles. The van der Waals surface area contributed by atoms with Crippen LogP contribution in [-0.4, -0.2) is 15.0 Å². The summed E-state index contributed by atoms with van der Waals surface area (Å²) in [6.07, 6.45) is 0.212. The molecule has 1 amide bonds. The Morgan fingerprint density at radius 3 is 2.44 bits per heavy atom. The number of rotatable bonds is 5. The van der Waals surface area contributed by atoms with E-state index in [1.165, 1.54) is 0 Å². The van der Waals surface area contributed by atoms with Crippen LogP contribution >= 0.6 is 11.6 Å². The van der Waals surface area contributed by atoms with E-state index < -0.39 is 0 Å². The van der Waals surface area contributed by atoms with E-state index in [0.717, 1.165) is 16.6 Å². The molecule has 0 aliphatic carbocycles. The molecule has 0 atom stereocenters. The minimum Gasteiger partial charge on any atom is -0.326 e. The summed E-state index contributed by atoms with van der Waals surface area (Å²) in [4.78, 5) is 24.9. The average Bonchev–Trinajstić information content (AvgIpc) is 2.88. The Balaban J connectivity index is 1.79. The van der Waals surface area contributed by atoms with Crippen molar-refractivity contribution >= 4 is 34.2 Å². The van der Waals surface area contributed by atoms with E-state index in [4.69, 9.17) is 11.6 Å². The number of halogens is 1. The maximum atomic E-state index is 12.6. The number of carbonyl (C=O) groups is 1. The van der Waals surface area contributed by atoms with Crippen molar-refractivity contribution in [1.29, 1.82) is 0 Å². The van der Waals surface area contributed by atoms with Crippen LogP contribution in [-0.2, 0) is 17.9 Å². The molecule has 0 aliphatic heterocycles. The highest BCUT2D eigenvalue weighted by molar-refractivity contribution is 6.31. The van der Waals surface area contributed by atoms with Crippen LogP contribution in [0.3, 0.4) is 0 Å². The van der Waals surface area contributed by atoms with Gasteiger partial charge in [-0.15, -0.1) is 0 Å². The quantitative estimate of drug-likeness (QED) is 0.754. The fraction of sp³-hybridized carbons (Fsp3) is 0.263. The third-order valence-corrected chi connectivity index (χ3v) is 4.76. The van der Waals surface area contributed by atoms with Gasteiger partial charge in [-0.3, -0.25) is 13.9 Å². The van der Waals surface area contributed by atoms with Crippen molar-refractivity contribution in [2.45, 2.75) is 33.4 Å². The largest absolute Gasteiger partial charge is 0.329 e. The molecule has 0 aliphatic rings. The van der Waals surface area contributed by atoms with Crippen molar-refractivity contribution in [1.82, 2.24) is 9.13 Å².